The van der Waals surface area contributed by atoms with E-state index in [-0.39, 0.29) is 93.8 Å². The molecular weight excluding hydrogens is 971 g/mol. The lowest BCUT2D eigenvalue weighted by molar-refractivity contribution is -0.135. The summed E-state index contributed by atoms with van der Waals surface area (Å²) in [4.78, 5) is 130. The van der Waals surface area contributed by atoms with Gasteiger partial charge >= 0.3 is 0 Å². The van der Waals surface area contributed by atoms with Crippen molar-refractivity contribution in [2.75, 3.05) is 43.4 Å². The van der Waals surface area contributed by atoms with Crippen molar-refractivity contribution in [1.82, 2.24) is 31.9 Å². The minimum atomic E-state index is -1.70. The van der Waals surface area contributed by atoms with Gasteiger partial charge in [-0.25, -0.2) is 0 Å². The number of benzene rings is 2. The second kappa shape index (κ2) is 32.2. The van der Waals surface area contributed by atoms with Crippen LogP contribution in [0.4, 0.5) is 11.4 Å². The number of nitrogens with zero attached hydrogens (tertiary/aromatic N) is 3. The first-order valence-electron chi connectivity index (χ1n) is 23.1. The third kappa shape index (κ3) is 24.4. The number of aliphatic imine (C=N–C) groups is 3. The van der Waals surface area contributed by atoms with E-state index in [1.165, 1.54) is 25.1 Å². The molecule has 2 aromatic rings. The highest BCUT2D eigenvalue weighted by Crippen LogP contribution is 2.27. The van der Waals surface area contributed by atoms with E-state index in [1.807, 2.05) is 0 Å². The molecule has 0 heterocycles. The van der Waals surface area contributed by atoms with Crippen molar-refractivity contribution < 1.29 is 53.4 Å². The van der Waals surface area contributed by atoms with E-state index < -0.39 is 115 Å². The Morgan fingerprint density at radius 2 is 1.05 bits per heavy atom. The number of amides is 9. The molecule has 2 rings (SSSR count). The molecule has 6 atom stereocenters. The molecular formula is C44H69N19O11. The first-order valence-corrected chi connectivity index (χ1v) is 23.1. The molecule has 0 bridgehead atoms. The third-order valence-electron chi connectivity index (χ3n) is 10.2. The summed E-state index contributed by atoms with van der Waals surface area (Å²) in [6, 6.07) is 5.10. The number of hydrogen-bond donors (Lipinski definition) is 18. The number of aromatic hydroxyl groups is 1. The summed E-state index contributed by atoms with van der Waals surface area (Å²) in [6.45, 7) is -0.0403. The standard InChI is InChI=1S/C44H69N19O11/c1-23(64)36(63-39(72)27(58-34(68)21-45)11-6-16-54-43(49)50)41(74)56-22-35(69)59-26(10-5-15-53-42(47)48)37(70)60-28(12-7-17-55-44(51)52)38(71)62-30(20-32(46)66)40(73)61-29-19-25(13-14-31(29)65)57-33(67)18-24-8-3-2-4-9-24/h2-4,8-9,13-14,19,23,26-28,30,36,64-65H,5-7,10-12,15-18,20-22,45H2,1H3,(H2,46,66)(H,56,74)(H,57,67)(H,58,68)(H,59,69)(H,60,70)(H,61,73)(H,62,71)(H,63,72)(H4,47,48,53)(H4,49,50,54)(H4,51,52,55)/t23-,26+,27+,28+,30+,36+/m1/s1. The Labute approximate surface area is 425 Å². The van der Waals surface area contributed by atoms with Gasteiger partial charge < -0.3 is 98.6 Å². The fraction of sp³-hybridized carbons (Fsp3) is 0.455. The zero-order chi connectivity index (χ0) is 55.3. The highest BCUT2D eigenvalue weighted by atomic mass is 16.3. The molecule has 9 amide bonds. The summed E-state index contributed by atoms with van der Waals surface area (Å²) in [5.41, 5.74) is 44.0. The quantitative estimate of drug-likeness (QED) is 0.0106. The van der Waals surface area contributed by atoms with Crippen LogP contribution in [0.2, 0.25) is 0 Å². The number of aliphatic hydroxyl groups is 1. The van der Waals surface area contributed by atoms with Gasteiger partial charge in [-0.3, -0.25) is 58.1 Å². The number of carbonyl (C=O) groups excluding carboxylic acids is 9. The van der Waals surface area contributed by atoms with Crippen molar-refractivity contribution in [3.63, 3.8) is 0 Å². The van der Waals surface area contributed by atoms with Gasteiger partial charge in [-0.2, -0.15) is 0 Å². The molecule has 30 heteroatoms. The average Bonchev–Trinajstić information content (AvgIpc) is 3.33. The Kier molecular flexibility index (Phi) is 26.7. The summed E-state index contributed by atoms with van der Waals surface area (Å²) in [5, 5.41) is 40.5. The number of guanidine groups is 3. The van der Waals surface area contributed by atoms with Crippen LogP contribution in [0.3, 0.4) is 0 Å². The van der Waals surface area contributed by atoms with Gasteiger partial charge in [-0.1, -0.05) is 30.3 Å². The van der Waals surface area contributed by atoms with E-state index in [4.69, 9.17) is 45.9 Å². The molecule has 26 N–H and O–H groups in total. The van der Waals surface area contributed by atoms with Gasteiger partial charge in [0.2, 0.25) is 53.2 Å². The van der Waals surface area contributed by atoms with Gasteiger partial charge in [0.15, 0.2) is 17.9 Å². The molecule has 0 saturated carbocycles. The Morgan fingerprint density at radius 3 is 1.54 bits per heavy atom. The third-order valence-corrected chi connectivity index (χ3v) is 10.2. The van der Waals surface area contributed by atoms with Crippen LogP contribution in [-0.4, -0.2) is 150 Å². The Morgan fingerprint density at radius 1 is 0.568 bits per heavy atom. The summed E-state index contributed by atoms with van der Waals surface area (Å²) in [6.07, 6.45) is -2.26. The number of rotatable bonds is 32. The van der Waals surface area contributed by atoms with E-state index in [2.05, 4.69) is 57.5 Å². The van der Waals surface area contributed by atoms with E-state index in [0.717, 1.165) is 5.56 Å². The molecule has 0 aliphatic heterocycles. The molecule has 0 fully saturated rings. The molecule has 30 nitrogen and oxygen atoms in total. The first kappa shape index (κ1) is 61.3. The van der Waals surface area contributed by atoms with Crippen molar-refractivity contribution in [2.45, 2.75) is 94.6 Å². The highest BCUT2D eigenvalue weighted by Gasteiger charge is 2.33. The number of nitrogens with two attached hydrogens (primary N) is 8. The fourth-order valence-corrected chi connectivity index (χ4v) is 6.63. The zero-order valence-electron chi connectivity index (χ0n) is 40.8. The molecule has 74 heavy (non-hydrogen) atoms. The van der Waals surface area contributed by atoms with Gasteiger partial charge in [-0.15, -0.1) is 0 Å². The van der Waals surface area contributed by atoms with Gasteiger partial charge in [-0.05, 0) is 69.2 Å². The summed E-state index contributed by atoms with van der Waals surface area (Å²) < 4.78 is 0. The van der Waals surface area contributed by atoms with Crippen LogP contribution in [0.25, 0.3) is 0 Å². The predicted octanol–water partition coefficient (Wildman–Crippen LogP) is -6.57. The molecule has 0 saturated heterocycles. The smallest absolute Gasteiger partial charge is 0.247 e. The minimum absolute atomic E-state index is 0.000619. The van der Waals surface area contributed by atoms with E-state index in [0.29, 0.717) is 0 Å². The fourth-order valence-electron chi connectivity index (χ4n) is 6.63. The lowest BCUT2D eigenvalue weighted by Crippen LogP contribution is -2.59. The molecule has 0 aromatic heterocycles. The van der Waals surface area contributed by atoms with Gasteiger partial charge in [0.25, 0.3) is 0 Å². The second-order valence-electron chi connectivity index (χ2n) is 16.5. The Balaban J connectivity index is 2.31. The van der Waals surface area contributed by atoms with Crippen molar-refractivity contribution in [3.05, 3.63) is 54.1 Å². The molecule has 0 aliphatic rings. The number of anilines is 2. The molecule has 0 unspecified atom stereocenters. The average molecular weight is 1040 g/mol. The number of aliphatic hydroxyl groups excluding tert-OH is 1. The minimum Gasteiger partial charge on any atom is -0.506 e. The van der Waals surface area contributed by atoms with Gasteiger partial charge in [0.1, 0.15) is 36.0 Å². The lowest BCUT2D eigenvalue weighted by Gasteiger charge is -2.26. The number of phenols is 1. The molecule has 0 spiro atoms. The number of hydrogen-bond acceptors (Lipinski definition) is 15. The maximum Gasteiger partial charge on any atom is 0.247 e. The molecule has 2 aromatic carbocycles. The lowest BCUT2D eigenvalue weighted by atomic mass is 10.1. The predicted molar refractivity (Wildman–Crippen MR) is 272 cm³/mol. The van der Waals surface area contributed by atoms with Crippen LogP contribution >= 0.6 is 0 Å². The summed E-state index contributed by atoms with van der Waals surface area (Å²) in [5.74, 6) is -9.21. The van der Waals surface area contributed by atoms with E-state index in [9.17, 15) is 53.4 Å². The molecule has 0 radical (unpaired) electrons. The highest BCUT2D eigenvalue weighted by molar-refractivity contribution is 6.02. The van der Waals surface area contributed by atoms with Crippen molar-refractivity contribution in [2.24, 2.45) is 60.8 Å². The van der Waals surface area contributed by atoms with Crippen LogP contribution in [-0.2, 0) is 49.6 Å². The monoisotopic (exact) mass is 1040 g/mol. The van der Waals surface area contributed by atoms with Crippen LogP contribution in [0.5, 0.6) is 5.75 Å². The Bertz CT molecular complexity index is 2340. The molecule has 406 valence electrons. The van der Waals surface area contributed by atoms with Crippen LogP contribution in [0.1, 0.15) is 57.4 Å². The SMILES string of the molecule is C[C@@H](O)[C@H](NC(=O)[C@H](CCCN=C(N)N)NC(=O)CN)C(=O)NCC(=O)N[C@@H](CCCN=C(N)N)C(=O)N[C@@H](CCCN=C(N)N)C(=O)N[C@@H](CC(N)=O)C(=O)Nc1cc(NC(=O)Cc2ccccc2)ccc1O. The van der Waals surface area contributed by atoms with Crippen LogP contribution in [0, 0.1) is 0 Å². The van der Waals surface area contributed by atoms with Crippen LogP contribution in [0.15, 0.2) is 63.5 Å². The maximum absolute atomic E-state index is 14.0. The van der Waals surface area contributed by atoms with Crippen LogP contribution < -0.4 is 88.4 Å². The second-order valence-corrected chi connectivity index (χ2v) is 16.5. The zero-order valence-corrected chi connectivity index (χ0v) is 40.8. The largest absolute Gasteiger partial charge is 0.506 e. The van der Waals surface area contributed by atoms with Crippen molar-refractivity contribution in [1.29, 1.82) is 0 Å². The summed E-state index contributed by atoms with van der Waals surface area (Å²) >= 11 is 0. The Hall–Kier alpha value is -8.80. The summed E-state index contributed by atoms with van der Waals surface area (Å²) in [7, 11) is 0. The van der Waals surface area contributed by atoms with E-state index in [1.54, 1.807) is 30.3 Å². The number of primary amides is 1. The normalized spacial score (nSPS) is 13.0. The van der Waals surface area contributed by atoms with Crippen molar-refractivity contribution >= 4 is 82.4 Å². The van der Waals surface area contributed by atoms with E-state index >= 15 is 0 Å². The molecule has 0 aliphatic carbocycles. The van der Waals surface area contributed by atoms with Gasteiger partial charge in [0, 0.05) is 25.3 Å². The maximum atomic E-state index is 14.0. The number of carbonyl (C=O) groups is 9. The van der Waals surface area contributed by atoms with Gasteiger partial charge in [0.05, 0.1) is 37.7 Å². The number of phenolic OH excluding ortho intramolecular Hbond substituents is 1. The number of nitrogens with one attached hydrogen (secondary N) is 8. The van der Waals surface area contributed by atoms with Crippen molar-refractivity contribution in [3.8, 4) is 5.75 Å². The topological polar surface area (TPSA) is 536 Å². The first-order chi connectivity index (χ1) is 35.0.